The molecule has 0 amide bonds. The van der Waals surface area contributed by atoms with Crippen LogP contribution in [0, 0.1) is 17.8 Å². The van der Waals surface area contributed by atoms with Crippen molar-refractivity contribution in [2.75, 3.05) is 0 Å². The van der Waals surface area contributed by atoms with Crippen molar-refractivity contribution in [3.8, 4) is 0 Å². The second-order valence-electron chi connectivity index (χ2n) is 6.95. The van der Waals surface area contributed by atoms with Crippen LogP contribution in [0.4, 0.5) is 8.78 Å². The van der Waals surface area contributed by atoms with E-state index in [-0.39, 0.29) is 17.8 Å². The lowest BCUT2D eigenvalue weighted by molar-refractivity contribution is -0.171. The molecule has 4 unspecified atom stereocenters. The van der Waals surface area contributed by atoms with E-state index in [1.807, 2.05) is 0 Å². The first-order valence-corrected chi connectivity index (χ1v) is 8.53. The number of rotatable bonds is 5. The number of fused-ring (bicyclic) bond motifs is 2. The van der Waals surface area contributed by atoms with Crippen LogP contribution in [0.5, 0.6) is 0 Å². The summed E-state index contributed by atoms with van der Waals surface area (Å²) in [6, 6.07) is 0. The number of alkyl halides is 2. The predicted molar refractivity (Wildman–Crippen MR) is 71.6 cm³/mol. The highest BCUT2D eigenvalue weighted by Crippen LogP contribution is 2.52. The fraction of sp³-hybridized carbons (Fsp3) is 0.923. The van der Waals surface area contributed by atoms with Crippen molar-refractivity contribution in [3.05, 3.63) is 0 Å². The van der Waals surface area contributed by atoms with Crippen molar-refractivity contribution >= 4 is 16.1 Å². The summed E-state index contributed by atoms with van der Waals surface area (Å²) in [5, 5.41) is 4.91. The second-order valence-corrected chi connectivity index (χ2v) is 8.41. The van der Waals surface area contributed by atoms with Crippen LogP contribution in [0.25, 0.3) is 0 Å². The summed E-state index contributed by atoms with van der Waals surface area (Å²) in [6.45, 7) is 3.29. The van der Waals surface area contributed by atoms with Gasteiger partial charge < -0.3 is 9.84 Å². The molecule has 2 aliphatic carbocycles. The SMILES string of the molecule is CC(C)(O)CC1CC2CC(OC(=O)C(F)(F)S(=O)(=O)O)C1C2. The fourth-order valence-electron chi connectivity index (χ4n) is 3.75. The summed E-state index contributed by atoms with van der Waals surface area (Å²) in [7, 11) is -5.85. The number of carbonyl (C=O) groups excluding carboxylic acids is 1. The van der Waals surface area contributed by atoms with Crippen LogP contribution in [0.15, 0.2) is 0 Å². The van der Waals surface area contributed by atoms with Gasteiger partial charge in [-0.1, -0.05) is 0 Å². The zero-order chi connectivity index (χ0) is 16.9. The van der Waals surface area contributed by atoms with Crippen molar-refractivity contribution in [1.29, 1.82) is 0 Å². The summed E-state index contributed by atoms with van der Waals surface area (Å²) < 4.78 is 60.7. The van der Waals surface area contributed by atoms with Gasteiger partial charge in [-0.3, -0.25) is 4.55 Å². The van der Waals surface area contributed by atoms with Gasteiger partial charge in [0.1, 0.15) is 6.10 Å². The van der Waals surface area contributed by atoms with Gasteiger partial charge in [0.2, 0.25) is 0 Å². The van der Waals surface area contributed by atoms with Gasteiger partial charge >= 0.3 is 21.3 Å². The Hall–Kier alpha value is -0.800. The summed E-state index contributed by atoms with van der Waals surface area (Å²) in [4.78, 5) is 11.4. The van der Waals surface area contributed by atoms with E-state index in [9.17, 15) is 27.1 Å². The topological polar surface area (TPSA) is 101 Å². The van der Waals surface area contributed by atoms with E-state index in [1.165, 1.54) is 0 Å². The van der Waals surface area contributed by atoms with E-state index >= 15 is 0 Å². The average Bonchev–Trinajstić information content (AvgIpc) is 2.83. The van der Waals surface area contributed by atoms with Gasteiger partial charge in [0.05, 0.1) is 5.60 Å². The van der Waals surface area contributed by atoms with Crippen LogP contribution in [0.1, 0.15) is 39.5 Å². The van der Waals surface area contributed by atoms with E-state index in [2.05, 4.69) is 4.74 Å². The highest BCUT2D eigenvalue weighted by molar-refractivity contribution is 7.87. The Kier molecular flexibility index (Phi) is 4.29. The molecule has 2 rings (SSSR count). The van der Waals surface area contributed by atoms with Gasteiger partial charge in [-0.05, 0) is 57.3 Å². The molecule has 9 heteroatoms. The van der Waals surface area contributed by atoms with E-state index in [1.54, 1.807) is 13.8 Å². The molecule has 2 aliphatic rings. The van der Waals surface area contributed by atoms with Crippen molar-refractivity contribution < 1.29 is 36.4 Å². The lowest BCUT2D eigenvalue weighted by Gasteiger charge is -2.33. The summed E-state index contributed by atoms with van der Waals surface area (Å²) in [6.07, 6.45) is 1.59. The Bertz CT molecular complexity index is 553. The first-order chi connectivity index (χ1) is 9.81. The van der Waals surface area contributed by atoms with E-state index < -0.39 is 33.0 Å². The number of ether oxygens (including phenoxy) is 1. The van der Waals surface area contributed by atoms with Gasteiger partial charge in [-0.25, -0.2) is 4.79 Å². The van der Waals surface area contributed by atoms with Crippen molar-refractivity contribution in [2.24, 2.45) is 17.8 Å². The van der Waals surface area contributed by atoms with Crippen LogP contribution in [0.2, 0.25) is 0 Å². The number of carbonyl (C=O) groups is 1. The Morgan fingerprint density at radius 2 is 1.86 bits per heavy atom. The molecule has 128 valence electrons. The monoisotopic (exact) mass is 342 g/mol. The molecule has 0 aromatic carbocycles. The normalized spacial score (nSPS) is 32.3. The molecular formula is C13H20F2O6S. The first kappa shape index (κ1) is 17.6. The minimum absolute atomic E-state index is 0.0379. The maximum atomic E-state index is 13.2. The fourth-order valence-corrected chi connectivity index (χ4v) is 4.01. The van der Waals surface area contributed by atoms with Crippen LogP contribution >= 0.6 is 0 Å². The average molecular weight is 342 g/mol. The molecule has 0 aromatic rings. The lowest BCUT2D eigenvalue weighted by Crippen LogP contribution is -2.43. The van der Waals surface area contributed by atoms with Crippen LogP contribution < -0.4 is 0 Å². The summed E-state index contributed by atoms with van der Waals surface area (Å²) in [5.41, 5.74) is -0.915. The molecule has 4 atom stereocenters. The molecule has 0 spiro atoms. The molecule has 2 fully saturated rings. The molecule has 6 nitrogen and oxygen atoms in total. The molecule has 0 radical (unpaired) electrons. The van der Waals surface area contributed by atoms with Gasteiger partial charge in [0, 0.05) is 0 Å². The number of hydrogen-bond donors (Lipinski definition) is 2. The Morgan fingerprint density at radius 1 is 1.27 bits per heavy atom. The van der Waals surface area contributed by atoms with Gasteiger partial charge in [0.15, 0.2) is 0 Å². The number of esters is 1. The highest BCUT2D eigenvalue weighted by Gasteiger charge is 2.57. The lowest BCUT2D eigenvalue weighted by atomic mass is 9.80. The standard InChI is InChI=1S/C13H20F2O6S/c1-12(2,17)6-8-3-7-4-9(8)10(5-7)21-11(16)13(14,15)22(18,19)20/h7-10,17H,3-6H2,1-2H3,(H,18,19,20). The molecule has 2 N–H and O–H groups in total. The van der Waals surface area contributed by atoms with Crippen molar-refractivity contribution in [1.82, 2.24) is 0 Å². The Labute approximate surface area is 127 Å². The predicted octanol–water partition coefficient (Wildman–Crippen LogP) is 1.59. The number of hydrogen-bond acceptors (Lipinski definition) is 5. The molecular weight excluding hydrogens is 322 g/mol. The Morgan fingerprint density at radius 3 is 2.32 bits per heavy atom. The largest absolute Gasteiger partial charge is 0.465 e. The van der Waals surface area contributed by atoms with Gasteiger partial charge in [-0.2, -0.15) is 17.2 Å². The van der Waals surface area contributed by atoms with E-state index in [4.69, 9.17) is 4.55 Å². The summed E-state index contributed by atoms with van der Waals surface area (Å²) >= 11 is 0. The van der Waals surface area contributed by atoms with Crippen molar-refractivity contribution in [3.63, 3.8) is 0 Å². The zero-order valence-corrected chi connectivity index (χ0v) is 13.1. The van der Waals surface area contributed by atoms with Crippen LogP contribution in [0.3, 0.4) is 0 Å². The maximum absolute atomic E-state index is 13.2. The minimum atomic E-state index is -5.85. The highest BCUT2D eigenvalue weighted by atomic mass is 32.2. The third-order valence-corrected chi connectivity index (χ3v) is 5.29. The van der Waals surface area contributed by atoms with E-state index in [0.717, 1.165) is 6.42 Å². The third-order valence-electron chi connectivity index (χ3n) is 4.47. The molecule has 22 heavy (non-hydrogen) atoms. The summed E-state index contributed by atoms with van der Waals surface area (Å²) in [5.74, 6) is -2.16. The third kappa shape index (κ3) is 3.41. The van der Waals surface area contributed by atoms with Crippen LogP contribution in [-0.4, -0.2) is 41.0 Å². The minimum Gasteiger partial charge on any atom is -0.457 e. The van der Waals surface area contributed by atoms with Crippen molar-refractivity contribution in [2.45, 2.75) is 56.5 Å². The maximum Gasteiger partial charge on any atom is 0.465 e. The first-order valence-electron chi connectivity index (χ1n) is 7.09. The Balaban J connectivity index is 2.05. The van der Waals surface area contributed by atoms with Crippen LogP contribution in [-0.2, 0) is 19.6 Å². The second kappa shape index (κ2) is 5.38. The smallest absolute Gasteiger partial charge is 0.457 e. The van der Waals surface area contributed by atoms with E-state index in [0.29, 0.717) is 19.3 Å². The molecule has 0 aliphatic heterocycles. The zero-order valence-electron chi connectivity index (χ0n) is 12.3. The molecule has 0 aromatic heterocycles. The quantitative estimate of drug-likeness (QED) is 0.581. The molecule has 0 saturated heterocycles. The van der Waals surface area contributed by atoms with Gasteiger partial charge in [0.25, 0.3) is 0 Å². The van der Waals surface area contributed by atoms with Gasteiger partial charge in [-0.15, -0.1) is 0 Å². The molecule has 0 heterocycles. The number of aliphatic hydroxyl groups is 1. The number of halogens is 2. The molecule has 2 bridgehead atoms. The molecule has 2 saturated carbocycles.